The van der Waals surface area contributed by atoms with Crippen molar-refractivity contribution in [1.82, 2.24) is 0 Å². The molecule has 88 valence electrons. The highest BCUT2D eigenvalue weighted by molar-refractivity contribution is 5.86. The van der Waals surface area contributed by atoms with Gasteiger partial charge in [0.05, 0.1) is 6.04 Å². The summed E-state index contributed by atoms with van der Waals surface area (Å²) in [5.41, 5.74) is 5.92. The second kappa shape index (κ2) is 6.26. The first kappa shape index (κ1) is 12.7. The fourth-order valence-electron chi connectivity index (χ4n) is 2.41. The minimum atomic E-state index is -0.191. The van der Waals surface area contributed by atoms with Crippen molar-refractivity contribution >= 4 is 5.78 Å². The fraction of sp³-hybridized carbons (Fsp3) is 0.923. The number of hydrogen-bond donors (Lipinski definition) is 1. The van der Waals surface area contributed by atoms with Crippen LogP contribution >= 0.6 is 0 Å². The zero-order chi connectivity index (χ0) is 11.3. The Morgan fingerprint density at radius 1 is 1.33 bits per heavy atom. The highest BCUT2D eigenvalue weighted by Gasteiger charge is 2.27. The molecule has 1 aliphatic carbocycles. The van der Waals surface area contributed by atoms with Crippen molar-refractivity contribution in [3.05, 3.63) is 0 Å². The third-order valence-electron chi connectivity index (χ3n) is 3.65. The van der Waals surface area contributed by atoms with Crippen LogP contribution in [-0.2, 0) is 4.79 Å². The van der Waals surface area contributed by atoms with Gasteiger partial charge < -0.3 is 5.73 Å². The second-order valence-electron chi connectivity index (χ2n) is 5.11. The SMILES string of the molecule is CCCCC(N)C(=O)C1CCC(C)CC1. The van der Waals surface area contributed by atoms with Gasteiger partial charge >= 0.3 is 0 Å². The lowest BCUT2D eigenvalue weighted by Gasteiger charge is -2.27. The molecule has 0 amide bonds. The van der Waals surface area contributed by atoms with Crippen LogP contribution in [-0.4, -0.2) is 11.8 Å². The lowest BCUT2D eigenvalue weighted by atomic mass is 9.79. The molecule has 0 bridgehead atoms. The lowest BCUT2D eigenvalue weighted by Crippen LogP contribution is -2.37. The number of unbranched alkanes of at least 4 members (excludes halogenated alkanes) is 1. The maximum atomic E-state index is 12.0. The molecule has 2 heteroatoms. The molecule has 1 rings (SSSR count). The minimum absolute atomic E-state index is 0.191. The van der Waals surface area contributed by atoms with E-state index in [1.165, 1.54) is 12.8 Å². The number of rotatable bonds is 5. The number of Topliss-reactive ketones (excluding diaryl/α,β-unsaturated/α-hetero) is 1. The molecular formula is C13H25NO. The van der Waals surface area contributed by atoms with E-state index in [0.717, 1.165) is 38.0 Å². The first-order chi connectivity index (χ1) is 7.15. The average Bonchev–Trinajstić information content (AvgIpc) is 2.26. The third-order valence-corrected chi connectivity index (χ3v) is 3.65. The summed E-state index contributed by atoms with van der Waals surface area (Å²) in [5, 5.41) is 0. The molecule has 0 spiro atoms. The van der Waals surface area contributed by atoms with Crippen molar-refractivity contribution in [2.24, 2.45) is 17.6 Å². The summed E-state index contributed by atoms with van der Waals surface area (Å²) in [7, 11) is 0. The largest absolute Gasteiger partial charge is 0.321 e. The van der Waals surface area contributed by atoms with Crippen molar-refractivity contribution in [3.8, 4) is 0 Å². The van der Waals surface area contributed by atoms with Gasteiger partial charge in [-0.05, 0) is 25.2 Å². The van der Waals surface area contributed by atoms with E-state index in [0.29, 0.717) is 5.78 Å². The second-order valence-corrected chi connectivity index (χ2v) is 5.11. The topological polar surface area (TPSA) is 43.1 Å². The normalized spacial score (nSPS) is 28.7. The summed E-state index contributed by atoms with van der Waals surface area (Å²) in [5.74, 6) is 1.41. The molecule has 0 radical (unpaired) electrons. The highest BCUT2D eigenvalue weighted by atomic mass is 16.1. The van der Waals surface area contributed by atoms with Crippen LogP contribution in [0, 0.1) is 11.8 Å². The van der Waals surface area contributed by atoms with Crippen molar-refractivity contribution in [2.75, 3.05) is 0 Å². The van der Waals surface area contributed by atoms with Gasteiger partial charge in [-0.3, -0.25) is 4.79 Å². The van der Waals surface area contributed by atoms with Crippen LogP contribution in [0.15, 0.2) is 0 Å². The molecule has 1 fully saturated rings. The van der Waals surface area contributed by atoms with E-state index in [1.807, 2.05) is 0 Å². The smallest absolute Gasteiger partial charge is 0.152 e. The van der Waals surface area contributed by atoms with Gasteiger partial charge in [-0.15, -0.1) is 0 Å². The van der Waals surface area contributed by atoms with Gasteiger partial charge in [-0.25, -0.2) is 0 Å². The number of ketones is 1. The molecule has 2 N–H and O–H groups in total. The van der Waals surface area contributed by atoms with E-state index in [9.17, 15) is 4.79 Å². The van der Waals surface area contributed by atoms with E-state index >= 15 is 0 Å². The predicted octanol–water partition coefficient (Wildman–Crippen LogP) is 2.90. The molecule has 0 aliphatic heterocycles. The molecule has 2 nitrogen and oxygen atoms in total. The molecule has 0 aromatic rings. The van der Waals surface area contributed by atoms with Crippen LogP contribution in [0.5, 0.6) is 0 Å². The van der Waals surface area contributed by atoms with Gasteiger partial charge in [-0.2, -0.15) is 0 Å². The van der Waals surface area contributed by atoms with Gasteiger partial charge in [0.25, 0.3) is 0 Å². The van der Waals surface area contributed by atoms with Crippen molar-refractivity contribution in [1.29, 1.82) is 0 Å². The molecule has 0 saturated heterocycles. The van der Waals surface area contributed by atoms with Crippen LogP contribution in [0.3, 0.4) is 0 Å². The van der Waals surface area contributed by atoms with Crippen molar-refractivity contribution in [3.63, 3.8) is 0 Å². The summed E-state index contributed by atoms with van der Waals surface area (Å²) in [6, 6.07) is -0.191. The summed E-state index contributed by atoms with van der Waals surface area (Å²) < 4.78 is 0. The molecule has 0 aromatic heterocycles. The Morgan fingerprint density at radius 2 is 1.93 bits per heavy atom. The number of carbonyl (C=O) groups is 1. The molecule has 1 saturated carbocycles. The van der Waals surface area contributed by atoms with Crippen LogP contribution in [0.4, 0.5) is 0 Å². The van der Waals surface area contributed by atoms with E-state index in [2.05, 4.69) is 13.8 Å². The molecule has 0 heterocycles. The molecule has 1 atom stereocenters. The Hall–Kier alpha value is -0.370. The number of nitrogens with two attached hydrogens (primary N) is 1. The Kier molecular flexibility index (Phi) is 5.30. The summed E-state index contributed by atoms with van der Waals surface area (Å²) in [6.07, 6.45) is 7.63. The average molecular weight is 211 g/mol. The Bertz CT molecular complexity index is 195. The maximum absolute atomic E-state index is 12.0. The third kappa shape index (κ3) is 3.94. The molecular weight excluding hydrogens is 186 g/mol. The molecule has 1 aliphatic rings. The quantitative estimate of drug-likeness (QED) is 0.760. The summed E-state index contributed by atoms with van der Waals surface area (Å²) >= 11 is 0. The Balaban J connectivity index is 2.32. The van der Waals surface area contributed by atoms with E-state index in [1.54, 1.807) is 0 Å². The van der Waals surface area contributed by atoms with Crippen LogP contribution < -0.4 is 5.73 Å². The van der Waals surface area contributed by atoms with Gasteiger partial charge in [0.1, 0.15) is 0 Å². The molecule has 0 aromatic carbocycles. The Labute approximate surface area is 93.6 Å². The van der Waals surface area contributed by atoms with Gasteiger partial charge in [0, 0.05) is 5.92 Å². The maximum Gasteiger partial charge on any atom is 0.152 e. The Morgan fingerprint density at radius 3 is 2.47 bits per heavy atom. The van der Waals surface area contributed by atoms with E-state index in [4.69, 9.17) is 5.73 Å². The number of carbonyl (C=O) groups excluding carboxylic acids is 1. The first-order valence-electron chi connectivity index (χ1n) is 6.44. The first-order valence-corrected chi connectivity index (χ1v) is 6.44. The van der Waals surface area contributed by atoms with Crippen molar-refractivity contribution < 1.29 is 4.79 Å². The predicted molar refractivity (Wildman–Crippen MR) is 63.6 cm³/mol. The van der Waals surface area contributed by atoms with E-state index in [-0.39, 0.29) is 12.0 Å². The van der Waals surface area contributed by atoms with Crippen LogP contribution in [0.25, 0.3) is 0 Å². The highest BCUT2D eigenvalue weighted by Crippen LogP contribution is 2.29. The molecule has 15 heavy (non-hydrogen) atoms. The van der Waals surface area contributed by atoms with E-state index < -0.39 is 0 Å². The standard InChI is InChI=1S/C13H25NO/c1-3-4-5-12(14)13(15)11-8-6-10(2)7-9-11/h10-12H,3-9,14H2,1-2H3. The zero-order valence-electron chi connectivity index (χ0n) is 10.2. The monoisotopic (exact) mass is 211 g/mol. The van der Waals surface area contributed by atoms with Crippen LogP contribution in [0.2, 0.25) is 0 Å². The fourth-order valence-corrected chi connectivity index (χ4v) is 2.41. The van der Waals surface area contributed by atoms with Gasteiger partial charge in [0.2, 0.25) is 0 Å². The van der Waals surface area contributed by atoms with Gasteiger partial charge in [0.15, 0.2) is 5.78 Å². The van der Waals surface area contributed by atoms with Gasteiger partial charge in [-0.1, -0.05) is 39.5 Å². The van der Waals surface area contributed by atoms with Crippen LogP contribution in [0.1, 0.15) is 58.8 Å². The summed E-state index contributed by atoms with van der Waals surface area (Å²) in [6.45, 7) is 4.41. The van der Waals surface area contributed by atoms with Crippen molar-refractivity contribution in [2.45, 2.75) is 64.8 Å². The zero-order valence-corrected chi connectivity index (χ0v) is 10.2. The lowest BCUT2D eigenvalue weighted by molar-refractivity contribution is -0.125. The number of hydrogen-bond acceptors (Lipinski definition) is 2. The minimum Gasteiger partial charge on any atom is -0.321 e. The molecule has 1 unspecified atom stereocenters. The summed E-state index contributed by atoms with van der Waals surface area (Å²) in [4.78, 5) is 12.0.